The molecule has 3 heterocycles. The number of fused-ring (bicyclic) bond motifs is 1. The standard InChI is InChI=1S/C22H28N4O3S.HI/c1-2-23-22(24-11-5-12-28-17-10-13-27-15-17)25-14-16-8-9-19(29-16)21-26-18-6-3-4-7-20(18)30-21;/h3-4,6-9,17H,2,5,10-15H2,1H3,(H2,23,24,25);1H. The Labute approximate surface area is 203 Å². The van der Waals surface area contributed by atoms with Crippen LogP contribution in [0.25, 0.3) is 21.0 Å². The van der Waals surface area contributed by atoms with E-state index in [1.54, 1.807) is 11.3 Å². The Hall–Kier alpha value is -1.69. The molecule has 2 N–H and O–H groups in total. The molecule has 1 aromatic carbocycles. The van der Waals surface area contributed by atoms with E-state index in [0.29, 0.717) is 6.54 Å². The largest absolute Gasteiger partial charge is 0.457 e. The average Bonchev–Trinajstić information content (AvgIpc) is 3.51. The second-order valence-corrected chi connectivity index (χ2v) is 8.12. The number of aliphatic imine (C=N–C) groups is 1. The first-order valence-corrected chi connectivity index (χ1v) is 11.3. The Balaban J connectivity index is 0.00000272. The van der Waals surface area contributed by atoms with Crippen LogP contribution in [0.4, 0.5) is 0 Å². The second kappa shape index (κ2) is 12.4. The molecule has 1 aliphatic heterocycles. The van der Waals surface area contributed by atoms with Crippen molar-refractivity contribution in [1.82, 2.24) is 15.6 Å². The summed E-state index contributed by atoms with van der Waals surface area (Å²) in [5, 5.41) is 7.51. The highest BCUT2D eigenvalue weighted by molar-refractivity contribution is 14.0. The van der Waals surface area contributed by atoms with Crippen LogP contribution in [-0.2, 0) is 16.0 Å². The van der Waals surface area contributed by atoms with Gasteiger partial charge in [0.2, 0.25) is 0 Å². The lowest BCUT2D eigenvalue weighted by Gasteiger charge is -2.12. The highest BCUT2D eigenvalue weighted by atomic mass is 127. The van der Waals surface area contributed by atoms with Crippen LogP contribution in [0, 0.1) is 0 Å². The van der Waals surface area contributed by atoms with Gasteiger partial charge in [0, 0.05) is 26.3 Å². The summed E-state index contributed by atoms with van der Waals surface area (Å²) in [5.74, 6) is 2.37. The van der Waals surface area contributed by atoms with Gasteiger partial charge < -0.3 is 24.5 Å². The van der Waals surface area contributed by atoms with Gasteiger partial charge in [-0.1, -0.05) is 12.1 Å². The maximum absolute atomic E-state index is 5.98. The number of furan rings is 1. The van der Waals surface area contributed by atoms with Gasteiger partial charge in [-0.3, -0.25) is 0 Å². The number of rotatable bonds is 9. The third-order valence-electron chi connectivity index (χ3n) is 4.76. The molecule has 31 heavy (non-hydrogen) atoms. The smallest absolute Gasteiger partial charge is 0.191 e. The molecular weight excluding hydrogens is 527 g/mol. The van der Waals surface area contributed by atoms with Crippen molar-refractivity contribution in [1.29, 1.82) is 0 Å². The summed E-state index contributed by atoms with van der Waals surface area (Å²) in [6, 6.07) is 12.0. The van der Waals surface area contributed by atoms with Crippen LogP contribution in [0.1, 0.15) is 25.5 Å². The number of aromatic nitrogens is 1. The molecular formula is C22H29IN4O3S. The zero-order chi connectivity index (χ0) is 20.6. The molecule has 0 amide bonds. The predicted molar refractivity (Wildman–Crippen MR) is 135 cm³/mol. The number of halogens is 1. The maximum atomic E-state index is 5.98. The number of para-hydroxylation sites is 1. The lowest BCUT2D eigenvalue weighted by Crippen LogP contribution is -2.38. The van der Waals surface area contributed by atoms with E-state index in [2.05, 4.69) is 33.6 Å². The zero-order valence-corrected chi connectivity index (χ0v) is 20.8. The summed E-state index contributed by atoms with van der Waals surface area (Å²) in [4.78, 5) is 9.28. The van der Waals surface area contributed by atoms with Crippen molar-refractivity contribution in [2.24, 2.45) is 4.99 Å². The minimum absolute atomic E-state index is 0. The molecule has 0 bridgehead atoms. The second-order valence-electron chi connectivity index (χ2n) is 7.08. The Morgan fingerprint density at radius 1 is 1.26 bits per heavy atom. The molecule has 9 heteroatoms. The fraction of sp³-hybridized carbons (Fsp3) is 0.455. The van der Waals surface area contributed by atoms with Gasteiger partial charge in [-0.2, -0.15) is 0 Å². The molecule has 168 valence electrons. The summed E-state index contributed by atoms with van der Waals surface area (Å²) in [6.07, 6.45) is 2.18. The predicted octanol–water partition coefficient (Wildman–Crippen LogP) is 4.43. The zero-order valence-electron chi connectivity index (χ0n) is 17.6. The maximum Gasteiger partial charge on any atom is 0.191 e. The van der Waals surface area contributed by atoms with Crippen molar-refractivity contribution < 1.29 is 13.9 Å². The first-order valence-electron chi connectivity index (χ1n) is 10.5. The summed E-state index contributed by atoms with van der Waals surface area (Å²) in [6.45, 7) is 6.39. The van der Waals surface area contributed by atoms with Crippen molar-refractivity contribution in [3.05, 3.63) is 42.2 Å². The number of nitrogens with one attached hydrogen (secondary N) is 2. The van der Waals surface area contributed by atoms with Crippen LogP contribution in [0.2, 0.25) is 0 Å². The molecule has 7 nitrogen and oxygen atoms in total. The van der Waals surface area contributed by atoms with Crippen LogP contribution in [0.3, 0.4) is 0 Å². The van der Waals surface area contributed by atoms with Crippen LogP contribution in [0.15, 0.2) is 45.8 Å². The number of guanidine groups is 1. The van der Waals surface area contributed by atoms with Gasteiger partial charge in [-0.25, -0.2) is 9.98 Å². The third-order valence-corrected chi connectivity index (χ3v) is 5.81. The van der Waals surface area contributed by atoms with E-state index < -0.39 is 0 Å². The van der Waals surface area contributed by atoms with Crippen molar-refractivity contribution in [3.8, 4) is 10.8 Å². The van der Waals surface area contributed by atoms with Crippen molar-refractivity contribution in [2.45, 2.75) is 32.4 Å². The SMILES string of the molecule is CCNC(=NCc1ccc(-c2nc3ccccc3s2)o1)NCCCOC1CCOC1.I. The summed E-state index contributed by atoms with van der Waals surface area (Å²) in [5.41, 5.74) is 0.997. The molecule has 0 radical (unpaired) electrons. The molecule has 1 fully saturated rings. The van der Waals surface area contributed by atoms with Gasteiger partial charge >= 0.3 is 0 Å². The Bertz CT molecular complexity index is 935. The lowest BCUT2D eigenvalue weighted by molar-refractivity contribution is 0.0420. The number of hydrogen-bond donors (Lipinski definition) is 2. The quantitative estimate of drug-likeness (QED) is 0.176. The van der Waals surface area contributed by atoms with Crippen LogP contribution >= 0.6 is 35.3 Å². The summed E-state index contributed by atoms with van der Waals surface area (Å²) >= 11 is 1.64. The monoisotopic (exact) mass is 556 g/mol. The fourth-order valence-corrected chi connectivity index (χ4v) is 4.15. The van der Waals surface area contributed by atoms with Crippen molar-refractivity contribution >= 4 is 51.5 Å². The van der Waals surface area contributed by atoms with Gasteiger partial charge in [-0.15, -0.1) is 35.3 Å². The highest BCUT2D eigenvalue weighted by Crippen LogP contribution is 2.31. The third kappa shape index (κ3) is 6.90. The van der Waals surface area contributed by atoms with Crippen LogP contribution in [-0.4, -0.2) is 50.0 Å². The van der Waals surface area contributed by atoms with E-state index in [4.69, 9.17) is 13.9 Å². The van der Waals surface area contributed by atoms with Gasteiger partial charge in [0.05, 0.1) is 22.9 Å². The average molecular weight is 556 g/mol. The number of ether oxygens (including phenoxy) is 2. The molecule has 4 rings (SSSR count). The number of hydrogen-bond acceptors (Lipinski definition) is 6. The van der Waals surface area contributed by atoms with E-state index in [1.165, 1.54) is 0 Å². The molecule has 1 atom stereocenters. The Morgan fingerprint density at radius 2 is 2.16 bits per heavy atom. The van der Waals surface area contributed by atoms with Crippen LogP contribution < -0.4 is 10.6 Å². The first-order chi connectivity index (χ1) is 14.8. The minimum Gasteiger partial charge on any atom is -0.457 e. The number of nitrogens with zero attached hydrogens (tertiary/aromatic N) is 2. The number of benzene rings is 1. The topological polar surface area (TPSA) is 80.9 Å². The molecule has 3 aromatic rings. The molecule has 0 aliphatic carbocycles. The first kappa shape index (κ1) is 24.0. The molecule has 1 saturated heterocycles. The van der Waals surface area contributed by atoms with E-state index in [-0.39, 0.29) is 30.1 Å². The molecule has 0 spiro atoms. The van der Waals surface area contributed by atoms with E-state index in [9.17, 15) is 0 Å². The summed E-state index contributed by atoms with van der Waals surface area (Å²) in [7, 11) is 0. The normalized spacial score (nSPS) is 16.4. The lowest BCUT2D eigenvalue weighted by atomic mass is 10.3. The van der Waals surface area contributed by atoms with Crippen LogP contribution in [0.5, 0.6) is 0 Å². The van der Waals surface area contributed by atoms with Crippen molar-refractivity contribution in [2.75, 3.05) is 32.9 Å². The van der Waals surface area contributed by atoms with Gasteiger partial charge in [0.15, 0.2) is 16.7 Å². The van der Waals surface area contributed by atoms with Gasteiger partial charge in [0.1, 0.15) is 12.3 Å². The van der Waals surface area contributed by atoms with Gasteiger partial charge in [-0.05, 0) is 44.0 Å². The summed E-state index contributed by atoms with van der Waals surface area (Å²) < 4.78 is 18.3. The molecule has 0 saturated carbocycles. The van der Waals surface area contributed by atoms with E-state index in [0.717, 1.165) is 78.5 Å². The Morgan fingerprint density at radius 3 is 2.97 bits per heavy atom. The van der Waals surface area contributed by atoms with E-state index in [1.807, 2.05) is 30.3 Å². The number of thiazole rings is 1. The molecule has 1 aliphatic rings. The molecule has 2 aromatic heterocycles. The Kier molecular flexibility index (Phi) is 9.56. The van der Waals surface area contributed by atoms with E-state index >= 15 is 0 Å². The fourth-order valence-electron chi connectivity index (χ4n) is 3.23. The highest BCUT2D eigenvalue weighted by Gasteiger charge is 2.15. The minimum atomic E-state index is 0. The van der Waals surface area contributed by atoms with Gasteiger partial charge in [0.25, 0.3) is 0 Å². The molecule has 1 unspecified atom stereocenters. The van der Waals surface area contributed by atoms with Crippen molar-refractivity contribution in [3.63, 3.8) is 0 Å².